The van der Waals surface area contributed by atoms with Gasteiger partial charge in [-0.05, 0) is 54.7 Å². The summed E-state index contributed by atoms with van der Waals surface area (Å²) in [5.41, 5.74) is 5.95. The highest BCUT2D eigenvalue weighted by Gasteiger charge is 2.31. The van der Waals surface area contributed by atoms with Crippen LogP contribution in [0.25, 0.3) is 22.0 Å². The van der Waals surface area contributed by atoms with Gasteiger partial charge in [-0.3, -0.25) is 4.79 Å². The van der Waals surface area contributed by atoms with Crippen molar-refractivity contribution >= 4 is 28.2 Å². The third-order valence-electron chi connectivity index (χ3n) is 5.55. The largest absolute Gasteiger partial charge is 0.366 e. The van der Waals surface area contributed by atoms with Crippen molar-refractivity contribution in [2.75, 3.05) is 16.8 Å². The highest BCUT2D eigenvalue weighted by atomic mass is 16.1. The summed E-state index contributed by atoms with van der Waals surface area (Å²) in [7, 11) is 0. The van der Waals surface area contributed by atoms with Crippen LogP contribution in [0.15, 0.2) is 36.4 Å². The minimum absolute atomic E-state index is 0.0204. The lowest BCUT2D eigenvalue weighted by Gasteiger charge is -2.24. The van der Waals surface area contributed by atoms with Crippen LogP contribution in [0.4, 0.5) is 11.4 Å². The molecule has 3 aromatic rings. The molecule has 28 heavy (non-hydrogen) atoms. The molecular weight excluding hydrogens is 350 g/mol. The van der Waals surface area contributed by atoms with Gasteiger partial charge in [0.2, 0.25) is 5.91 Å². The van der Waals surface area contributed by atoms with Gasteiger partial charge >= 0.3 is 0 Å². The number of rotatable bonds is 4. The molecule has 0 atom stereocenters. The molecule has 1 aliphatic carbocycles. The van der Waals surface area contributed by atoms with Crippen molar-refractivity contribution in [3.63, 3.8) is 0 Å². The van der Waals surface area contributed by atoms with Crippen LogP contribution in [-0.2, 0) is 11.2 Å². The fourth-order valence-corrected chi connectivity index (χ4v) is 4.13. The number of amides is 1. The molecule has 2 heterocycles. The van der Waals surface area contributed by atoms with E-state index in [0.717, 1.165) is 58.4 Å². The fraction of sp³-hybridized carbons (Fsp3) is 0.273. The van der Waals surface area contributed by atoms with E-state index in [1.807, 2.05) is 36.4 Å². The maximum Gasteiger partial charge on any atom is 0.228 e. The Bertz CT molecular complexity index is 1160. The van der Waals surface area contributed by atoms with Crippen LogP contribution < -0.4 is 10.2 Å². The second-order valence-corrected chi connectivity index (χ2v) is 7.31. The minimum atomic E-state index is 0.0204. The van der Waals surface area contributed by atoms with E-state index in [9.17, 15) is 10.1 Å². The molecule has 0 spiro atoms. The van der Waals surface area contributed by atoms with Crippen LogP contribution in [-0.4, -0.2) is 28.7 Å². The molecule has 1 fully saturated rings. The summed E-state index contributed by atoms with van der Waals surface area (Å²) in [5.74, 6) is 0.0204. The normalized spacial score (nSPS) is 15.2. The second-order valence-electron chi connectivity index (χ2n) is 7.31. The summed E-state index contributed by atoms with van der Waals surface area (Å²) in [6.45, 7) is 2.94. The van der Waals surface area contributed by atoms with Crippen molar-refractivity contribution in [3.05, 3.63) is 47.7 Å². The van der Waals surface area contributed by atoms with E-state index in [-0.39, 0.29) is 5.91 Å². The SMILES string of the molecule is CCN(c1c(C#N)nnc2cc(-c3cccc4c3CC(=O)N4)ccc12)C1CC1. The van der Waals surface area contributed by atoms with E-state index in [1.54, 1.807) is 0 Å². The molecule has 0 saturated heterocycles. The number of fused-ring (bicyclic) bond motifs is 2. The van der Waals surface area contributed by atoms with Crippen molar-refractivity contribution < 1.29 is 4.79 Å². The molecule has 6 nitrogen and oxygen atoms in total. The van der Waals surface area contributed by atoms with E-state index < -0.39 is 0 Å². The van der Waals surface area contributed by atoms with E-state index >= 15 is 0 Å². The van der Waals surface area contributed by atoms with Gasteiger partial charge in [-0.25, -0.2) is 0 Å². The number of hydrogen-bond donors (Lipinski definition) is 1. The van der Waals surface area contributed by atoms with Gasteiger partial charge in [-0.1, -0.05) is 18.2 Å². The molecule has 2 aromatic carbocycles. The van der Waals surface area contributed by atoms with Gasteiger partial charge in [0.15, 0.2) is 5.69 Å². The number of nitriles is 1. The van der Waals surface area contributed by atoms with Crippen LogP contribution >= 0.6 is 0 Å². The Labute approximate surface area is 162 Å². The summed E-state index contributed by atoms with van der Waals surface area (Å²) >= 11 is 0. The smallest absolute Gasteiger partial charge is 0.228 e. The minimum Gasteiger partial charge on any atom is -0.366 e. The first-order chi connectivity index (χ1) is 13.7. The van der Waals surface area contributed by atoms with Gasteiger partial charge in [0.1, 0.15) is 6.07 Å². The van der Waals surface area contributed by atoms with E-state index in [1.165, 1.54) is 0 Å². The summed E-state index contributed by atoms with van der Waals surface area (Å²) in [4.78, 5) is 14.1. The second kappa shape index (κ2) is 6.31. The molecule has 1 amide bonds. The standard InChI is InChI=1S/C22H19N5O/c1-2-27(14-7-8-14)22-16-9-6-13(10-19(16)25-26-20(22)12-23)15-4-3-5-18-17(15)11-21(28)24-18/h3-6,9-10,14H,2,7-8,11H2,1H3,(H,24,28). The molecule has 1 aliphatic heterocycles. The Morgan fingerprint density at radius 1 is 1.25 bits per heavy atom. The lowest BCUT2D eigenvalue weighted by atomic mass is 9.96. The molecule has 1 saturated carbocycles. The molecule has 0 radical (unpaired) electrons. The summed E-state index contributed by atoms with van der Waals surface area (Å²) in [6, 6.07) is 14.7. The highest BCUT2D eigenvalue weighted by molar-refractivity contribution is 6.03. The quantitative estimate of drug-likeness (QED) is 0.759. The zero-order valence-corrected chi connectivity index (χ0v) is 15.6. The molecule has 1 N–H and O–H groups in total. The zero-order chi connectivity index (χ0) is 19.3. The Morgan fingerprint density at radius 2 is 2.11 bits per heavy atom. The summed E-state index contributed by atoms with van der Waals surface area (Å²) < 4.78 is 0. The number of carbonyl (C=O) groups is 1. The summed E-state index contributed by atoms with van der Waals surface area (Å²) in [5, 5.41) is 21.9. The maximum absolute atomic E-state index is 11.8. The van der Waals surface area contributed by atoms with Crippen LogP contribution in [0.3, 0.4) is 0 Å². The predicted molar refractivity (Wildman–Crippen MR) is 108 cm³/mol. The van der Waals surface area contributed by atoms with Crippen molar-refractivity contribution in [3.8, 4) is 17.2 Å². The lowest BCUT2D eigenvalue weighted by Crippen LogP contribution is -2.26. The van der Waals surface area contributed by atoms with E-state index in [2.05, 4.69) is 33.4 Å². The van der Waals surface area contributed by atoms with Gasteiger partial charge in [0.25, 0.3) is 0 Å². The van der Waals surface area contributed by atoms with Gasteiger partial charge in [0, 0.05) is 23.7 Å². The Kier molecular flexibility index (Phi) is 3.76. The Hall–Kier alpha value is -3.46. The Balaban J connectivity index is 1.67. The number of benzene rings is 2. The lowest BCUT2D eigenvalue weighted by molar-refractivity contribution is -0.115. The van der Waals surface area contributed by atoms with Crippen LogP contribution in [0, 0.1) is 11.3 Å². The fourth-order valence-electron chi connectivity index (χ4n) is 4.13. The first kappa shape index (κ1) is 16.7. The van der Waals surface area contributed by atoms with Crippen LogP contribution in [0.5, 0.6) is 0 Å². The molecule has 0 bridgehead atoms. The van der Waals surface area contributed by atoms with Gasteiger partial charge in [-0.15, -0.1) is 10.2 Å². The van der Waals surface area contributed by atoms with Crippen molar-refractivity contribution in [2.24, 2.45) is 0 Å². The molecule has 0 unspecified atom stereocenters. The number of aromatic nitrogens is 2. The number of carbonyl (C=O) groups excluding carboxylic acids is 1. The molecular formula is C22H19N5O. The topological polar surface area (TPSA) is 81.9 Å². The first-order valence-corrected chi connectivity index (χ1v) is 9.59. The monoisotopic (exact) mass is 369 g/mol. The Morgan fingerprint density at radius 3 is 2.86 bits per heavy atom. The predicted octanol–water partition coefficient (Wildman–Crippen LogP) is 3.65. The average molecular weight is 369 g/mol. The molecule has 138 valence electrons. The van der Waals surface area contributed by atoms with Crippen molar-refractivity contribution in [1.82, 2.24) is 10.2 Å². The zero-order valence-electron chi connectivity index (χ0n) is 15.6. The number of hydrogen-bond acceptors (Lipinski definition) is 5. The van der Waals surface area contributed by atoms with Gasteiger partial charge in [0.05, 0.1) is 17.6 Å². The summed E-state index contributed by atoms with van der Waals surface area (Å²) in [6.07, 6.45) is 2.69. The number of nitrogens with one attached hydrogen (secondary N) is 1. The van der Waals surface area contributed by atoms with Crippen molar-refractivity contribution in [2.45, 2.75) is 32.2 Å². The maximum atomic E-state index is 11.8. The molecule has 6 heteroatoms. The molecule has 2 aliphatic rings. The third kappa shape index (κ3) is 2.59. The van der Waals surface area contributed by atoms with E-state index in [4.69, 9.17) is 0 Å². The number of nitrogens with zero attached hydrogens (tertiary/aromatic N) is 4. The number of anilines is 2. The molecule has 1 aromatic heterocycles. The average Bonchev–Trinajstić information content (AvgIpc) is 3.47. The highest BCUT2D eigenvalue weighted by Crippen LogP contribution is 2.39. The molecule has 5 rings (SSSR count). The van der Waals surface area contributed by atoms with Gasteiger partial charge in [-0.2, -0.15) is 5.26 Å². The van der Waals surface area contributed by atoms with Gasteiger partial charge < -0.3 is 10.2 Å². The first-order valence-electron chi connectivity index (χ1n) is 9.59. The van der Waals surface area contributed by atoms with Crippen LogP contribution in [0.1, 0.15) is 31.0 Å². The van der Waals surface area contributed by atoms with Crippen molar-refractivity contribution in [1.29, 1.82) is 5.26 Å². The van der Waals surface area contributed by atoms with Crippen LogP contribution in [0.2, 0.25) is 0 Å². The van der Waals surface area contributed by atoms with E-state index in [0.29, 0.717) is 18.2 Å². The third-order valence-corrected chi connectivity index (χ3v) is 5.55.